The van der Waals surface area contributed by atoms with Crippen molar-refractivity contribution in [3.05, 3.63) is 41.1 Å². The van der Waals surface area contributed by atoms with E-state index in [1.54, 1.807) is 31.4 Å². The minimum absolute atomic E-state index is 0.181. The van der Waals surface area contributed by atoms with Crippen molar-refractivity contribution in [3.8, 4) is 5.75 Å². The van der Waals surface area contributed by atoms with Crippen molar-refractivity contribution in [2.45, 2.75) is 6.54 Å². The van der Waals surface area contributed by atoms with Crippen LogP contribution in [0, 0.1) is 5.41 Å². The summed E-state index contributed by atoms with van der Waals surface area (Å²) >= 11 is 0. The first-order valence-electron chi connectivity index (χ1n) is 5.96. The molecule has 0 spiro atoms. The molecule has 1 rings (SSSR count). The maximum absolute atomic E-state index is 11.4. The first-order chi connectivity index (χ1) is 10.0. The number of methoxy groups -OCH3 is 2. The largest absolute Gasteiger partial charge is 0.497 e. The number of benzene rings is 1. The minimum atomic E-state index is -1.34. The van der Waals surface area contributed by atoms with Crippen LogP contribution in [0.25, 0.3) is 0 Å². The molecule has 7 heteroatoms. The molecule has 0 unspecified atom stereocenters. The van der Waals surface area contributed by atoms with Gasteiger partial charge in [-0.2, -0.15) is 0 Å². The number of hydrogen-bond donors (Lipinski definition) is 3. The summed E-state index contributed by atoms with van der Waals surface area (Å²) in [6, 6.07) is 6.99. The summed E-state index contributed by atoms with van der Waals surface area (Å²) in [6.45, 7) is 0.181. The molecule has 0 atom stereocenters. The topological polar surface area (TPSA) is 109 Å². The fourth-order valence-corrected chi connectivity index (χ4v) is 1.56. The quantitative estimate of drug-likeness (QED) is 0.392. The zero-order valence-electron chi connectivity index (χ0n) is 11.7. The highest BCUT2D eigenvalue weighted by atomic mass is 16.5. The van der Waals surface area contributed by atoms with Gasteiger partial charge in [-0.1, -0.05) is 12.1 Å². The van der Waals surface area contributed by atoms with Crippen LogP contribution >= 0.6 is 0 Å². The van der Waals surface area contributed by atoms with E-state index < -0.39 is 11.9 Å². The lowest BCUT2D eigenvalue weighted by atomic mass is 10.2. The van der Waals surface area contributed by atoms with Crippen LogP contribution in [0.5, 0.6) is 5.75 Å². The van der Waals surface area contributed by atoms with Gasteiger partial charge >= 0.3 is 11.9 Å². The SMILES string of the molecule is COC(=O)/C(C=N)=C(/NCc1ccc(OC)cc1)C(=O)O. The number of hydrogen-bond acceptors (Lipinski definition) is 6. The first-order valence-corrected chi connectivity index (χ1v) is 5.96. The molecular formula is C14H16N2O5. The average Bonchev–Trinajstić information content (AvgIpc) is 2.50. The van der Waals surface area contributed by atoms with Crippen molar-refractivity contribution in [3.63, 3.8) is 0 Å². The van der Waals surface area contributed by atoms with Crippen molar-refractivity contribution in [1.29, 1.82) is 5.41 Å². The van der Waals surface area contributed by atoms with E-state index in [0.717, 1.165) is 12.7 Å². The molecule has 0 fully saturated rings. The van der Waals surface area contributed by atoms with E-state index in [0.29, 0.717) is 12.0 Å². The van der Waals surface area contributed by atoms with Crippen molar-refractivity contribution in [2.75, 3.05) is 14.2 Å². The van der Waals surface area contributed by atoms with Crippen LogP contribution in [0.4, 0.5) is 0 Å². The number of carboxylic acid groups (broad SMARTS) is 1. The molecule has 0 radical (unpaired) electrons. The molecule has 7 nitrogen and oxygen atoms in total. The van der Waals surface area contributed by atoms with Gasteiger partial charge in [0, 0.05) is 12.8 Å². The Balaban J connectivity index is 2.93. The predicted octanol–water partition coefficient (Wildman–Crippen LogP) is 0.946. The van der Waals surface area contributed by atoms with Gasteiger partial charge in [0.1, 0.15) is 17.0 Å². The number of carbonyl (C=O) groups excluding carboxylic acids is 1. The van der Waals surface area contributed by atoms with Crippen molar-refractivity contribution in [1.82, 2.24) is 5.32 Å². The number of ether oxygens (including phenoxy) is 2. The van der Waals surface area contributed by atoms with E-state index in [4.69, 9.17) is 15.3 Å². The second-order valence-electron chi connectivity index (χ2n) is 3.93. The van der Waals surface area contributed by atoms with Gasteiger partial charge in [-0.3, -0.25) is 0 Å². The molecule has 0 aliphatic heterocycles. The monoisotopic (exact) mass is 292 g/mol. The van der Waals surface area contributed by atoms with Gasteiger partial charge in [0.15, 0.2) is 0 Å². The smallest absolute Gasteiger partial charge is 0.352 e. The molecule has 0 amide bonds. The van der Waals surface area contributed by atoms with Crippen LogP contribution in [-0.2, 0) is 20.9 Å². The lowest BCUT2D eigenvalue weighted by molar-refractivity contribution is -0.137. The Hall–Kier alpha value is -2.83. The molecule has 112 valence electrons. The standard InChI is InChI=1S/C14H16N2O5/c1-20-10-5-3-9(4-6-10)8-16-12(13(17)18)11(7-15)14(19)21-2/h3-7,15-16H,8H2,1-2H3,(H,17,18)/b12-11+,15-7?. The van der Waals surface area contributed by atoms with Crippen molar-refractivity contribution in [2.24, 2.45) is 0 Å². The van der Waals surface area contributed by atoms with Gasteiger partial charge in [-0.05, 0) is 17.7 Å². The molecule has 3 N–H and O–H groups in total. The lowest BCUT2D eigenvalue weighted by Gasteiger charge is -2.10. The Morgan fingerprint density at radius 1 is 1.29 bits per heavy atom. The maximum Gasteiger partial charge on any atom is 0.352 e. The van der Waals surface area contributed by atoms with Crippen LogP contribution in [0.15, 0.2) is 35.5 Å². The maximum atomic E-state index is 11.4. The van der Waals surface area contributed by atoms with Gasteiger partial charge in [0.25, 0.3) is 0 Å². The molecule has 0 saturated heterocycles. The Labute approximate surface area is 121 Å². The second-order valence-corrected chi connectivity index (χ2v) is 3.93. The average molecular weight is 292 g/mol. The molecule has 0 heterocycles. The van der Waals surface area contributed by atoms with Gasteiger partial charge in [0.05, 0.1) is 14.2 Å². The van der Waals surface area contributed by atoms with E-state index in [1.165, 1.54) is 0 Å². The van der Waals surface area contributed by atoms with E-state index in [9.17, 15) is 9.59 Å². The van der Waals surface area contributed by atoms with Crippen molar-refractivity contribution < 1.29 is 24.2 Å². The van der Waals surface area contributed by atoms with Crippen LogP contribution in [-0.4, -0.2) is 37.5 Å². The highest BCUT2D eigenvalue weighted by molar-refractivity contribution is 6.14. The first kappa shape index (κ1) is 16.2. The van der Waals surface area contributed by atoms with E-state index in [-0.39, 0.29) is 17.8 Å². The van der Waals surface area contributed by atoms with E-state index in [1.807, 2.05) is 0 Å². The summed E-state index contributed by atoms with van der Waals surface area (Å²) in [6.07, 6.45) is 0.649. The van der Waals surface area contributed by atoms with Gasteiger partial charge in [-0.25, -0.2) is 9.59 Å². The zero-order chi connectivity index (χ0) is 15.8. The van der Waals surface area contributed by atoms with E-state index in [2.05, 4.69) is 10.1 Å². The summed E-state index contributed by atoms with van der Waals surface area (Å²) in [7, 11) is 2.67. The Kier molecular flexibility index (Phi) is 5.94. The zero-order valence-corrected chi connectivity index (χ0v) is 11.7. The molecule has 0 bridgehead atoms. The normalized spacial score (nSPS) is 11.1. The number of nitrogens with one attached hydrogen (secondary N) is 2. The highest BCUT2D eigenvalue weighted by Gasteiger charge is 2.19. The fraction of sp³-hybridized carbons (Fsp3) is 0.214. The second kappa shape index (κ2) is 7.68. The van der Waals surface area contributed by atoms with Crippen molar-refractivity contribution >= 4 is 18.2 Å². The summed E-state index contributed by atoms with van der Waals surface area (Å²) in [5, 5.41) is 18.9. The van der Waals surface area contributed by atoms with Gasteiger partial charge in [-0.15, -0.1) is 0 Å². The number of aliphatic carboxylic acids is 1. The summed E-state index contributed by atoms with van der Waals surface area (Å²) in [4.78, 5) is 22.6. The van der Waals surface area contributed by atoms with Crippen LogP contribution < -0.4 is 10.1 Å². The van der Waals surface area contributed by atoms with Crippen LogP contribution in [0.1, 0.15) is 5.56 Å². The minimum Gasteiger partial charge on any atom is -0.497 e. The highest BCUT2D eigenvalue weighted by Crippen LogP contribution is 2.12. The third kappa shape index (κ3) is 4.34. The number of esters is 1. The lowest BCUT2D eigenvalue weighted by Crippen LogP contribution is -2.25. The Morgan fingerprint density at radius 2 is 1.90 bits per heavy atom. The summed E-state index contributed by atoms with van der Waals surface area (Å²) < 4.78 is 9.47. The molecule has 0 aromatic heterocycles. The third-order valence-corrected chi connectivity index (χ3v) is 2.66. The molecule has 1 aromatic rings. The van der Waals surface area contributed by atoms with E-state index >= 15 is 0 Å². The fourth-order valence-electron chi connectivity index (χ4n) is 1.56. The number of rotatable bonds is 7. The number of carboxylic acids is 1. The Bertz CT molecular complexity index is 563. The summed E-state index contributed by atoms with van der Waals surface area (Å²) in [5.41, 5.74) is 0.0647. The van der Waals surface area contributed by atoms with Crippen LogP contribution in [0.2, 0.25) is 0 Å². The van der Waals surface area contributed by atoms with Crippen LogP contribution in [0.3, 0.4) is 0 Å². The number of carbonyl (C=O) groups is 2. The molecule has 0 aliphatic carbocycles. The molecule has 0 aliphatic rings. The Morgan fingerprint density at radius 3 is 2.33 bits per heavy atom. The van der Waals surface area contributed by atoms with Gasteiger partial charge < -0.3 is 25.3 Å². The van der Waals surface area contributed by atoms with Gasteiger partial charge in [0.2, 0.25) is 0 Å². The molecule has 1 aromatic carbocycles. The molecule has 0 saturated carbocycles. The molecule has 21 heavy (non-hydrogen) atoms. The molecular weight excluding hydrogens is 276 g/mol. The predicted molar refractivity (Wildman–Crippen MR) is 75.3 cm³/mol. The third-order valence-electron chi connectivity index (χ3n) is 2.66. The summed E-state index contributed by atoms with van der Waals surface area (Å²) in [5.74, 6) is -1.54.